The zero-order valence-electron chi connectivity index (χ0n) is 18.5. The van der Waals surface area contributed by atoms with Gasteiger partial charge in [-0.3, -0.25) is 25.2 Å². The van der Waals surface area contributed by atoms with Gasteiger partial charge in [0, 0.05) is 0 Å². The van der Waals surface area contributed by atoms with Gasteiger partial charge in [0.15, 0.2) is 6.10 Å². The second kappa shape index (κ2) is 11.7. The zero-order chi connectivity index (χ0) is 23.7. The Labute approximate surface area is 186 Å². The minimum absolute atomic E-state index is 0.174. The highest BCUT2D eigenvalue weighted by atomic mass is 19.1. The first-order valence-electron chi connectivity index (χ1n) is 10.3. The number of hydrogen-bond acceptors (Lipinski definition) is 5. The monoisotopic (exact) mass is 445 g/mol. The van der Waals surface area contributed by atoms with Crippen LogP contribution in [0.5, 0.6) is 11.5 Å². The summed E-state index contributed by atoms with van der Waals surface area (Å²) in [5.74, 6) is -1.83. The molecule has 0 aliphatic rings. The number of carbonyl (C=O) groups excluding carboxylic acids is 3. The van der Waals surface area contributed by atoms with E-state index in [0.29, 0.717) is 18.1 Å². The average molecular weight is 445 g/mol. The summed E-state index contributed by atoms with van der Waals surface area (Å²) in [7, 11) is 0. The lowest BCUT2D eigenvalue weighted by molar-refractivity contribution is -0.133. The molecule has 3 amide bonds. The zero-order valence-corrected chi connectivity index (χ0v) is 18.5. The lowest BCUT2D eigenvalue weighted by Crippen LogP contribution is -2.56. The van der Waals surface area contributed by atoms with Crippen molar-refractivity contribution in [2.75, 3.05) is 6.61 Å². The highest BCUT2D eigenvalue weighted by Crippen LogP contribution is 2.18. The molecule has 0 bridgehead atoms. The van der Waals surface area contributed by atoms with Crippen molar-refractivity contribution in [3.63, 3.8) is 0 Å². The Balaban J connectivity index is 1.90. The van der Waals surface area contributed by atoms with Gasteiger partial charge in [-0.05, 0) is 56.2 Å². The van der Waals surface area contributed by atoms with Gasteiger partial charge in [-0.15, -0.1) is 0 Å². The van der Waals surface area contributed by atoms with E-state index in [4.69, 9.17) is 9.47 Å². The van der Waals surface area contributed by atoms with E-state index < -0.39 is 35.7 Å². The van der Waals surface area contributed by atoms with E-state index in [9.17, 15) is 18.8 Å². The molecule has 0 saturated carbocycles. The van der Waals surface area contributed by atoms with E-state index in [-0.39, 0.29) is 11.5 Å². The van der Waals surface area contributed by atoms with Crippen molar-refractivity contribution in [3.05, 3.63) is 59.9 Å². The summed E-state index contributed by atoms with van der Waals surface area (Å²) in [6.07, 6.45) is -0.904. The predicted molar refractivity (Wildman–Crippen MR) is 116 cm³/mol. The summed E-state index contributed by atoms with van der Waals surface area (Å²) in [5, 5.41) is 2.50. The third-order valence-electron chi connectivity index (χ3n) is 4.48. The summed E-state index contributed by atoms with van der Waals surface area (Å²) in [5.41, 5.74) is 4.39. The summed E-state index contributed by atoms with van der Waals surface area (Å²) in [6, 6.07) is 11.2. The summed E-state index contributed by atoms with van der Waals surface area (Å²) >= 11 is 0. The van der Waals surface area contributed by atoms with Gasteiger partial charge in [-0.25, -0.2) is 4.39 Å². The number of halogens is 1. The second-order valence-electron chi connectivity index (χ2n) is 7.32. The Morgan fingerprint density at radius 2 is 1.50 bits per heavy atom. The van der Waals surface area contributed by atoms with Gasteiger partial charge >= 0.3 is 0 Å². The van der Waals surface area contributed by atoms with Crippen molar-refractivity contribution in [2.45, 2.75) is 39.8 Å². The van der Waals surface area contributed by atoms with Crippen molar-refractivity contribution in [1.82, 2.24) is 16.2 Å². The van der Waals surface area contributed by atoms with Crippen LogP contribution in [-0.4, -0.2) is 36.5 Å². The fourth-order valence-electron chi connectivity index (χ4n) is 2.74. The molecule has 8 nitrogen and oxygen atoms in total. The lowest BCUT2D eigenvalue weighted by Gasteiger charge is -2.22. The number of nitrogens with one attached hydrogen (secondary N) is 3. The van der Waals surface area contributed by atoms with Crippen LogP contribution >= 0.6 is 0 Å². The Bertz CT molecular complexity index is 933. The molecule has 2 atom stereocenters. The Kier molecular flexibility index (Phi) is 9.00. The van der Waals surface area contributed by atoms with Crippen LogP contribution < -0.4 is 25.6 Å². The summed E-state index contributed by atoms with van der Waals surface area (Å²) < 4.78 is 24.7. The Hall–Kier alpha value is -3.62. The molecule has 0 aliphatic heterocycles. The summed E-state index contributed by atoms with van der Waals surface area (Å²) in [6.45, 7) is 7.37. The van der Waals surface area contributed by atoms with Gasteiger partial charge in [-0.2, -0.15) is 0 Å². The maximum atomic E-state index is 13.8. The molecule has 0 aliphatic carbocycles. The molecule has 2 rings (SSSR count). The number of hydrogen-bond donors (Lipinski definition) is 3. The highest BCUT2D eigenvalue weighted by molar-refractivity contribution is 5.98. The molecule has 2 aromatic rings. The molecule has 0 saturated heterocycles. The molecule has 0 fully saturated rings. The average Bonchev–Trinajstić information content (AvgIpc) is 2.77. The van der Waals surface area contributed by atoms with Crippen LogP contribution in [0.25, 0.3) is 0 Å². The van der Waals surface area contributed by atoms with E-state index in [2.05, 4.69) is 16.2 Å². The first-order valence-corrected chi connectivity index (χ1v) is 10.3. The van der Waals surface area contributed by atoms with Crippen LogP contribution in [-0.2, 0) is 9.59 Å². The molecular weight excluding hydrogens is 417 g/mol. The molecule has 0 aromatic heterocycles. The summed E-state index contributed by atoms with van der Waals surface area (Å²) in [4.78, 5) is 37.2. The molecule has 0 unspecified atom stereocenters. The second-order valence-corrected chi connectivity index (χ2v) is 7.32. The molecule has 0 spiro atoms. The van der Waals surface area contributed by atoms with Gasteiger partial charge in [0.05, 0.1) is 12.2 Å². The van der Waals surface area contributed by atoms with Crippen molar-refractivity contribution >= 4 is 17.7 Å². The van der Waals surface area contributed by atoms with Crippen molar-refractivity contribution in [1.29, 1.82) is 0 Å². The maximum Gasteiger partial charge on any atom is 0.279 e. The molecular formula is C23H28FN3O5. The van der Waals surface area contributed by atoms with Crippen LogP contribution in [0.3, 0.4) is 0 Å². The first kappa shape index (κ1) is 24.6. The first-order chi connectivity index (χ1) is 15.2. The fourth-order valence-corrected chi connectivity index (χ4v) is 2.74. The highest BCUT2D eigenvalue weighted by Gasteiger charge is 2.26. The normalized spacial score (nSPS) is 12.4. The van der Waals surface area contributed by atoms with Crippen molar-refractivity contribution in [2.24, 2.45) is 5.92 Å². The molecule has 0 radical (unpaired) electrons. The van der Waals surface area contributed by atoms with Crippen LogP contribution in [0.2, 0.25) is 0 Å². The largest absolute Gasteiger partial charge is 0.494 e. The number of hydrazine groups is 1. The molecule has 32 heavy (non-hydrogen) atoms. The molecule has 0 heterocycles. The smallest absolute Gasteiger partial charge is 0.279 e. The number of amides is 3. The topological polar surface area (TPSA) is 106 Å². The van der Waals surface area contributed by atoms with Crippen LogP contribution in [0.1, 0.15) is 38.1 Å². The van der Waals surface area contributed by atoms with E-state index >= 15 is 0 Å². The molecule has 172 valence electrons. The van der Waals surface area contributed by atoms with Crippen molar-refractivity contribution in [3.8, 4) is 11.5 Å². The van der Waals surface area contributed by atoms with Gasteiger partial charge in [-0.1, -0.05) is 26.0 Å². The Morgan fingerprint density at radius 1 is 0.906 bits per heavy atom. The van der Waals surface area contributed by atoms with E-state index in [1.807, 2.05) is 6.92 Å². The van der Waals surface area contributed by atoms with E-state index in [1.54, 1.807) is 38.1 Å². The van der Waals surface area contributed by atoms with Gasteiger partial charge in [0.2, 0.25) is 0 Å². The van der Waals surface area contributed by atoms with Crippen LogP contribution in [0.4, 0.5) is 4.39 Å². The predicted octanol–water partition coefficient (Wildman–Crippen LogP) is 2.59. The minimum Gasteiger partial charge on any atom is -0.494 e. The maximum absolute atomic E-state index is 13.8. The van der Waals surface area contributed by atoms with Crippen LogP contribution in [0, 0.1) is 11.7 Å². The van der Waals surface area contributed by atoms with Crippen LogP contribution in [0.15, 0.2) is 48.5 Å². The number of ether oxygens (including phenoxy) is 2. The van der Waals surface area contributed by atoms with Gasteiger partial charge < -0.3 is 14.8 Å². The quantitative estimate of drug-likeness (QED) is 0.515. The lowest BCUT2D eigenvalue weighted by atomic mass is 10.0. The van der Waals surface area contributed by atoms with Crippen molar-refractivity contribution < 1.29 is 28.2 Å². The SMILES string of the molecule is CCOc1ccc(O[C@@H](C)C(=O)NNC(=O)[C@H](NC(=O)c2ccccc2F)C(C)C)cc1. The Morgan fingerprint density at radius 3 is 2.09 bits per heavy atom. The minimum atomic E-state index is -0.996. The van der Waals surface area contributed by atoms with Gasteiger partial charge in [0.1, 0.15) is 23.4 Å². The fraction of sp³-hybridized carbons (Fsp3) is 0.348. The molecule has 3 N–H and O–H groups in total. The molecule has 2 aromatic carbocycles. The van der Waals surface area contributed by atoms with Gasteiger partial charge in [0.25, 0.3) is 17.7 Å². The number of rotatable bonds is 9. The third kappa shape index (κ3) is 6.97. The van der Waals surface area contributed by atoms with E-state index in [1.165, 1.54) is 25.1 Å². The van der Waals surface area contributed by atoms with E-state index in [0.717, 1.165) is 6.07 Å². The number of benzene rings is 2. The molecule has 9 heteroatoms. The third-order valence-corrected chi connectivity index (χ3v) is 4.48. The standard InChI is InChI=1S/C23H28FN3O5/c1-5-31-16-10-12-17(13-11-16)32-15(4)21(28)26-27-23(30)20(14(2)3)25-22(29)18-8-6-7-9-19(18)24/h6-15,20H,5H2,1-4H3,(H,25,29)(H,26,28)(H,27,30)/t15-,20+/m0/s1. The number of carbonyl (C=O) groups is 3.